The quantitative estimate of drug-likeness (QED) is 0.247. The molecule has 0 saturated heterocycles. The van der Waals surface area contributed by atoms with Crippen molar-refractivity contribution in [1.29, 1.82) is 0 Å². The van der Waals surface area contributed by atoms with Gasteiger partial charge in [-0.2, -0.15) is 0 Å². The topological polar surface area (TPSA) is 17.1 Å². The fraction of sp³-hybridized carbons (Fsp3) is 0.370. The number of hydrogen-bond donors (Lipinski definition) is 0. The lowest BCUT2D eigenvalue weighted by Gasteiger charge is -2.28. The van der Waals surface area contributed by atoms with Crippen molar-refractivity contribution in [3.8, 4) is 0 Å². The minimum absolute atomic E-state index is 0. The summed E-state index contributed by atoms with van der Waals surface area (Å²) in [5, 5.41) is 0. The van der Waals surface area contributed by atoms with Gasteiger partial charge in [0.05, 0.1) is 28.2 Å². The van der Waals surface area contributed by atoms with Crippen LogP contribution < -0.4 is 42.9 Å². The van der Waals surface area contributed by atoms with Crippen LogP contribution in [0.25, 0.3) is 0 Å². The number of hydrogen-bond acceptors (Lipinski definition) is 1. The Hall–Kier alpha value is -1.53. The smallest absolute Gasteiger partial charge is 0.133 e. The fourth-order valence-electron chi connectivity index (χ4n) is 3.68. The lowest BCUT2D eigenvalue weighted by Crippen LogP contribution is -3.00. The summed E-state index contributed by atoms with van der Waals surface area (Å²) in [5.41, 5.74) is 4.95. The van der Waals surface area contributed by atoms with Gasteiger partial charge in [-0.3, -0.25) is 13.8 Å². The molecule has 0 N–H and O–H groups in total. The van der Waals surface area contributed by atoms with E-state index in [1.165, 1.54) is 22.5 Å². The largest absolute Gasteiger partial charge is 1.00 e. The predicted octanol–water partition coefficient (Wildman–Crippen LogP) is -0.665. The number of Topliss-reactive ketones (excluding diaryl/α,β-unsaturated/α-hetero) is 1. The molecule has 5 heteroatoms. The molecule has 0 aliphatic carbocycles. The molecule has 2 aromatic carbocycles. The SMILES string of the molecule is C=CC[N+](C)(C)c1ccc(CCC(=O)CCc2ccc([N+](C)(C)CC=C)cc2)cc1.[Br-].[Br-]. The van der Waals surface area contributed by atoms with Crippen molar-refractivity contribution < 1.29 is 38.8 Å². The summed E-state index contributed by atoms with van der Waals surface area (Å²) in [6.45, 7) is 9.47. The number of rotatable bonds is 12. The molecular formula is C27H38Br2N2O. The van der Waals surface area contributed by atoms with Crippen molar-refractivity contribution in [2.75, 3.05) is 41.3 Å². The number of nitrogens with zero attached hydrogens (tertiary/aromatic N) is 2. The van der Waals surface area contributed by atoms with E-state index in [-0.39, 0.29) is 34.0 Å². The number of carbonyl (C=O) groups excluding carboxylic acids is 1. The van der Waals surface area contributed by atoms with Crippen molar-refractivity contribution in [2.24, 2.45) is 0 Å². The van der Waals surface area contributed by atoms with Crippen molar-refractivity contribution in [3.63, 3.8) is 0 Å². The maximum absolute atomic E-state index is 12.4. The van der Waals surface area contributed by atoms with E-state index < -0.39 is 0 Å². The molecule has 0 aliphatic heterocycles. The number of ketones is 1. The second kappa shape index (κ2) is 13.9. The first-order chi connectivity index (χ1) is 14.2. The number of likely N-dealkylation sites (N-methyl/N-ethyl adjacent to an activating group) is 2. The lowest BCUT2D eigenvalue weighted by molar-refractivity contribution is -0.119. The molecule has 0 atom stereocenters. The van der Waals surface area contributed by atoms with Gasteiger partial charge in [-0.15, -0.1) is 0 Å². The van der Waals surface area contributed by atoms with E-state index in [1.54, 1.807) is 0 Å². The molecule has 176 valence electrons. The molecule has 0 aliphatic rings. The molecule has 0 fully saturated rings. The Morgan fingerprint density at radius 3 is 1.28 bits per heavy atom. The average Bonchev–Trinajstić information content (AvgIpc) is 2.71. The zero-order valence-electron chi connectivity index (χ0n) is 20.0. The average molecular weight is 566 g/mol. The molecule has 0 aromatic heterocycles. The van der Waals surface area contributed by atoms with Crippen LogP contribution in [0.5, 0.6) is 0 Å². The van der Waals surface area contributed by atoms with Crippen LogP contribution in [0.15, 0.2) is 73.8 Å². The van der Waals surface area contributed by atoms with E-state index in [0.717, 1.165) is 34.9 Å². The summed E-state index contributed by atoms with van der Waals surface area (Å²) < 4.78 is 1.57. The molecule has 0 unspecified atom stereocenters. The summed E-state index contributed by atoms with van der Waals surface area (Å²) in [6.07, 6.45) is 6.71. The van der Waals surface area contributed by atoms with E-state index >= 15 is 0 Å². The van der Waals surface area contributed by atoms with E-state index in [0.29, 0.717) is 18.6 Å². The van der Waals surface area contributed by atoms with Crippen LogP contribution in [0.4, 0.5) is 11.4 Å². The van der Waals surface area contributed by atoms with Crippen LogP contribution in [0, 0.1) is 0 Å². The Morgan fingerprint density at radius 1 is 0.688 bits per heavy atom. The van der Waals surface area contributed by atoms with E-state index in [4.69, 9.17) is 0 Å². The van der Waals surface area contributed by atoms with Crippen LogP contribution >= 0.6 is 0 Å². The van der Waals surface area contributed by atoms with Crippen molar-refractivity contribution in [2.45, 2.75) is 25.7 Å². The maximum atomic E-state index is 12.4. The molecule has 0 heterocycles. The van der Waals surface area contributed by atoms with Gasteiger partial charge in [-0.05, 0) is 60.4 Å². The first-order valence-corrected chi connectivity index (χ1v) is 10.8. The lowest BCUT2D eigenvalue weighted by atomic mass is 10.0. The third-order valence-electron chi connectivity index (χ3n) is 5.83. The fourth-order valence-corrected chi connectivity index (χ4v) is 3.68. The van der Waals surface area contributed by atoms with E-state index in [9.17, 15) is 4.79 Å². The van der Waals surface area contributed by atoms with Gasteiger partial charge in [-0.25, -0.2) is 0 Å². The van der Waals surface area contributed by atoms with Gasteiger partial charge in [0.15, 0.2) is 0 Å². The third kappa shape index (κ3) is 9.14. The molecule has 3 nitrogen and oxygen atoms in total. The van der Waals surface area contributed by atoms with Crippen molar-refractivity contribution in [3.05, 3.63) is 85.0 Å². The monoisotopic (exact) mass is 564 g/mol. The zero-order chi connectivity index (χ0) is 22.2. The van der Waals surface area contributed by atoms with Gasteiger partial charge in [-0.1, -0.05) is 37.4 Å². The molecule has 0 amide bonds. The summed E-state index contributed by atoms with van der Waals surface area (Å²) in [7, 11) is 8.69. The van der Waals surface area contributed by atoms with Crippen LogP contribution in [0.3, 0.4) is 0 Å². The normalized spacial score (nSPS) is 11.1. The van der Waals surface area contributed by atoms with E-state index in [2.05, 4.69) is 89.9 Å². The highest BCUT2D eigenvalue weighted by Crippen LogP contribution is 2.21. The summed E-state index contributed by atoms with van der Waals surface area (Å²) in [6, 6.07) is 17.2. The number of carbonyl (C=O) groups is 1. The Morgan fingerprint density at radius 2 is 1.00 bits per heavy atom. The zero-order valence-corrected chi connectivity index (χ0v) is 23.2. The molecule has 0 bridgehead atoms. The first kappa shape index (κ1) is 30.5. The molecule has 2 rings (SSSR count). The molecule has 0 spiro atoms. The second-order valence-corrected chi connectivity index (χ2v) is 9.18. The van der Waals surface area contributed by atoms with Crippen LogP contribution in [-0.2, 0) is 17.6 Å². The highest BCUT2D eigenvalue weighted by Gasteiger charge is 2.17. The second-order valence-electron chi connectivity index (χ2n) is 9.18. The standard InChI is InChI=1S/C27H38N2O.2BrH/c1-7-21-28(3,4)25-15-9-23(10-16-25)13-19-27(30)20-14-24-11-17-26(18-12-24)29(5,6)22-8-2;;/h7-12,15-18H,1-2,13-14,19-22H2,3-6H3;2*1H/q+2;;/p-2. The highest BCUT2D eigenvalue weighted by atomic mass is 79.9. The van der Waals surface area contributed by atoms with Gasteiger partial charge >= 0.3 is 0 Å². The molecule has 0 saturated carbocycles. The summed E-state index contributed by atoms with van der Waals surface area (Å²) >= 11 is 0. The van der Waals surface area contributed by atoms with Crippen molar-refractivity contribution in [1.82, 2.24) is 8.97 Å². The van der Waals surface area contributed by atoms with Gasteiger partial charge < -0.3 is 34.0 Å². The number of halogens is 2. The molecule has 2 aromatic rings. The minimum Gasteiger partial charge on any atom is -1.00 e. The highest BCUT2D eigenvalue weighted by molar-refractivity contribution is 5.78. The number of aryl methyl sites for hydroxylation is 2. The molecular weight excluding hydrogens is 528 g/mol. The predicted molar refractivity (Wildman–Crippen MR) is 132 cm³/mol. The third-order valence-corrected chi connectivity index (χ3v) is 5.83. The maximum Gasteiger partial charge on any atom is 0.133 e. The first-order valence-electron chi connectivity index (χ1n) is 10.8. The molecule has 0 radical (unpaired) electrons. The number of quaternary nitrogens is 2. The van der Waals surface area contributed by atoms with Crippen LogP contribution in [0.1, 0.15) is 24.0 Å². The van der Waals surface area contributed by atoms with Gasteiger partial charge in [0, 0.05) is 12.8 Å². The Balaban J connectivity index is 0.00000480. The summed E-state index contributed by atoms with van der Waals surface area (Å²) in [5.74, 6) is 0.327. The van der Waals surface area contributed by atoms with Gasteiger partial charge in [0.2, 0.25) is 0 Å². The van der Waals surface area contributed by atoms with E-state index in [1.807, 2.05) is 12.2 Å². The Kier molecular flexibility index (Phi) is 13.2. The Labute approximate surface area is 216 Å². The Bertz CT molecular complexity index is 785. The van der Waals surface area contributed by atoms with Gasteiger partial charge in [0.1, 0.15) is 30.2 Å². The van der Waals surface area contributed by atoms with Gasteiger partial charge in [0.25, 0.3) is 0 Å². The van der Waals surface area contributed by atoms with Crippen LogP contribution in [-0.4, -0.2) is 47.1 Å². The van der Waals surface area contributed by atoms with Crippen LogP contribution in [0.2, 0.25) is 0 Å². The number of benzene rings is 2. The molecule has 32 heavy (non-hydrogen) atoms. The van der Waals surface area contributed by atoms with Crippen molar-refractivity contribution >= 4 is 17.2 Å². The summed E-state index contributed by atoms with van der Waals surface area (Å²) in [4.78, 5) is 12.4. The minimum atomic E-state index is 0.